The number of aliphatic hydroxyl groups is 2. The Kier molecular flexibility index (Phi) is 4.74. The second-order valence-corrected chi connectivity index (χ2v) is 15.4. The first-order chi connectivity index (χ1) is 12.2. The van der Waals surface area contributed by atoms with Crippen molar-refractivity contribution in [3.8, 4) is 0 Å². The Morgan fingerprint density at radius 1 is 1.08 bits per heavy atom. The standard InChI is InChI=1S/C22H38O3Si/c1-21-11-10-19-17(18(21)7-8-20(21)24)6-5-15-13-16(23)9-12-22(15,19)14-25-26(2,3)4/h5,16-20,23-24H,6-14H2,1-4H3/t16?,17-,18-,19+,20?,21-,22+/m0/s1. The van der Waals surface area contributed by atoms with Gasteiger partial charge in [0.1, 0.15) is 0 Å². The van der Waals surface area contributed by atoms with E-state index in [9.17, 15) is 10.2 Å². The van der Waals surface area contributed by atoms with E-state index in [1.54, 1.807) is 0 Å². The van der Waals surface area contributed by atoms with E-state index < -0.39 is 8.32 Å². The molecule has 3 saturated carbocycles. The highest BCUT2D eigenvalue weighted by atomic mass is 28.4. The highest BCUT2D eigenvalue weighted by Crippen LogP contribution is 2.65. The van der Waals surface area contributed by atoms with Crippen molar-refractivity contribution < 1.29 is 14.6 Å². The molecule has 0 aromatic heterocycles. The van der Waals surface area contributed by atoms with Gasteiger partial charge in [0.05, 0.1) is 12.2 Å². The average Bonchev–Trinajstić information content (AvgIpc) is 2.88. The largest absolute Gasteiger partial charge is 0.417 e. The number of aliphatic hydroxyl groups excluding tert-OH is 2. The summed E-state index contributed by atoms with van der Waals surface area (Å²) in [6.07, 6.45) is 10.7. The van der Waals surface area contributed by atoms with Gasteiger partial charge < -0.3 is 14.6 Å². The topological polar surface area (TPSA) is 49.7 Å². The predicted octanol–water partition coefficient (Wildman–Crippen LogP) is 4.50. The van der Waals surface area contributed by atoms with E-state index in [2.05, 4.69) is 32.6 Å². The molecule has 0 aliphatic heterocycles. The number of rotatable bonds is 3. The minimum absolute atomic E-state index is 0.110. The summed E-state index contributed by atoms with van der Waals surface area (Å²) < 4.78 is 6.54. The summed E-state index contributed by atoms with van der Waals surface area (Å²) in [6, 6.07) is 0. The molecule has 2 N–H and O–H groups in total. The SMILES string of the molecule is C[C@]12CC[C@@H]3[C@@H](CC=C4CC(O)CC[C@@]43CO[Si](C)(C)C)[C@@H]1CCC2O. The lowest BCUT2D eigenvalue weighted by Gasteiger charge is -2.58. The maximum Gasteiger partial charge on any atom is 0.183 e. The van der Waals surface area contributed by atoms with E-state index in [4.69, 9.17) is 4.43 Å². The van der Waals surface area contributed by atoms with Crippen LogP contribution in [0.3, 0.4) is 0 Å². The van der Waals surface area contributed by atoms with Crippen LogP contribution in [0, 0.1) is 28.6 Å². The van der Waals surface area contributed by atoms with Gasteiger partial charge >= 0.3 is 0 Å². The molecule has 3 fully saturated rings. The van der Waals surface area contributed by atoms with Crippen LogP contribution in [0.2, 0.25) is 19.6 Å². The average molecular weight is 379 g/mol. The van der Waals surface area contributed by atoms with E-state index >= 15 is 0 Å². The molecule has 3 nitrogen and oxygen atoms in total. The van der Waals surface area contributed by atoms with Crippen LogP contribution in [0.5, 0.6) is 0 Å². The fourth-order valence-electron chi connectivity index (χ4n) is 7.02. The van der Waals surface area contributed by atoms with Crippen molar-refractivity contribution in [3.63, 3.8) is 0 Å². The molecule has 4 aliphatic carbocycles. The Balaban J connectivity index is 1.67. The molecule has 148 valence electrons. The lowest BCUT2D eigenvalue weighted by molar-refractivity contribution is -0.0869. The second kappa shape index (κ2) is 6.43. The van der Waals surface area contributed by atoms with Gasteiger partial charge in [-0.1, -0.05) is 18.6 Å². The van der Waals surface area contributed by atoms with Crippen molar-refractivity contribution in [1.82, 2.24) is 0 Å². The van der Waals surface area contributed by atoms with Gasteiger partial charge in [-0.05, 0) is 94.2 Å². The van der Waals surface area contributed by atoms with Crippen LogP contribution in [-0.2, 0) is 4.43 Å². The zero-order valence-electron chi connectivity index (χ0n) is 17.1. The first kappa shape index (κ1) is 19.2. The first-order valence-electron chi connectivity index (χ1n) is 10.9. The van der Waals surface area contributed by atoms with Crippen molar-refractivity contribution in [3.05, 3.63) is 11.6 Å². The molecule has 7 atom stereocenters. The van der Waals surface area contributed by atoms with E-state index in [0.29, 0.717) is 17.8 Å². The molecule has 4 rings (SSSR count). The van der Waals surface area contributed by atoms with E-state index in [1.807, 2.05) is 0 Å². The van der Waals surface area contributed by atoms with E-state index in [1.165, 1.54) is 18.4 Å². The summed E-state index contributed by atoms with van der Waals surface area (Å²) in [6.45, 7) is 10.1. The van der Waals surface area contributed by atoms with Crippen LogP contribution < -0.4 is 0 Å². The lowest BCUT2D eigenvalue weighted by Crippen LogP contribution is -2.54. The van der Waals surface area contributed by atoms with Crippen LogP contribution in [0.1, 0.15) is 58.3 Å². The Morgan fingerprint density at radius 2 is 1.85 bits per heavy atom. The van der Waals surface area contributed by atoms with Crippen molar-refractivity contribution in [1.29, 1.82) is 0 Å². The molecule has 26 heavy (non-hydrogen) atoms. The summed E-state index contributed by atoms with van der Waals surface area (Å²) in [5.74, 6) is 2.02. The molecule has 0 aromatic rings. The predicted molar refractivity (Wildman–Crippen MR) is 107 cm³/mol. The van der Waals surface area contributed by atoms with Crippen molar-refractivity contribution in [2.75, 3.05) is 6.61 Å². The normalized spacial score (nSPS) is 48.4. The Hall–Kier alpha value is -0.163. The van der Waals surface area contributed by atoms with Gasteiger partial charge in [0.25, 0.3) is 0 Å². The van der Waals surface area contributed by atoms with Crippen LogP contribution in [0.15, 0.2) is 11.6 Å². The number of allylic oxidation sites excluding steroid dienone is 1. The molecule has 4 heteroatoms. The Bertz CT molecular complexity index is 582. The first-order valence-corrected chi connectivity index (χ1v) is 14.3. The van der Waals surface area contributed by atoms with Gasteiger partial charge in [0.2, 0.25) is 0 Å². The third-order valence-electron chi connectivity index (χ3n) is 8.51. The molecular weight excluding hydrogens is 340 g/mol. The third-order valence-corrected chi connectivity index (χ3v) is 9.53. The Morgan fingerprint density at radius 3 is 2.58 bits per heavy atom. The molecule has 0 aromatic carbocycles. The zero-order chi connectivity index (χ0) is 18.7. The van der Waals surface area contributed by atoms with Gasteiger partial charge in [-0.25, -0.2) is 0 Å². The maximum atomic E-state index is 10.6. The quantitative estimate of drug-likeness (QED) is 0.561. The van der Waals surface area contributed by atoms with Gasteiger partial charge in [-0.3, -0.25) is 0 Å². The molecule has 2 unspecified atom stereocenters. The van der Waals surface area contributed by atoms with Crippen molar-refractivity contribution >= 4 is 8.32 Å². The second-order valence-electron chi connectivity index (χ2n) is 10.9. The molecular formula is C22H38O3Si. The van der Waals surface area contributed by atoms with Crippen molar-refractivity contribution in [2.45, 2.75) is 90.1 Å². The highest BCUT2D eigenvalue weighted by molar-refractivity contribution is 6.69. The summed E-state index contributed by atoms with van der Waals surface area (Å²) >= 11 is 0. The molecule has 0 heterocycles. The summed E-state index contributed by atoms with van der Waals surface area (Å²) in [4.78, 5) is 0. The number of hydrogen-bond donors (Lipinski definition) is 2. The van der Waals surface area contributed by atoms with Crippen LogP contribution in [-0.4, -0.2) is 37.3 Å². The fraction of sp³-hybridized carbons (Fsp3) is 0.909. The van der Waals surface area contributed by atoms with Crippen LogP contribution in [0.25, 0.3) is 0 Å². The molecule has 4 aliphatic rings. The lowest BCUT2D eigenvalue weighted by atomic mass is 9.47. The summed E-state index contributed by atoms with van der Waals surface area (Å²) in [5, 5.41) is 21.0. The third kappa shape index (κ3) is 2.96. The summed E-state index contributed by atoms with van der Waals surface area (Å²) in [7, 11) is -1.58. The zero-order valence-corrected chi connectivity index (χ0v) is 18.1. The van der Waals surface area contributed by atoms with Crippen LogP contribution >= 0.6 is 0 Å². The Labute approximate surface area is 160 Å². The number of fused-ring (bicyclic) bond motifs is 5. The van der Waals surface area contributed by atoms with E-state index in [0.717, 1.165) is 45.1 Å². The molecule has 0 amide bonds. The van der Waals surface area contributed by atoms with Gasteiger partial charge in [0, 0.05) is 12.0 Å². The van der Waals surface area contributed by atoms with Gasteiger partial charge in [-0.15, -0.1) is 0 Å². The van der Waals surface area contributed by atoms with E-state index in [-0.39, 0.29) is 23.0 Å². The molecule has 0 saturated heterocycles. The maximum absolute atomic E-state index is 10.6. The van der Waals surface area contributed by atoms with Gasteiger partial charge in [-0.2, -0.15) is 0 Å². The molecule has 0 spiro atoms. The number of hydrogen-bond acceptors (Lipinski definition) is 3. The minimum Gasteiger partial charge on any atom is -0.417 e. The summed E-state index contributed by atoms with van der Waals surface area (Å²) in [5.41, 5.74) is 1.77. The van der Waals surface area contributed by atoms with Crippen molar-refractivity contribution in [2.24, 2.45) is 28.6 Å². The smallest absolute Gasteiger partial charge is 0.183 e. The molecule has 0 bridgehead atoms. The minimum atomic E-state index is -1.58. The monoisotopic (exact) mass is 378 g/mol. The van der Waals surface area contributed by atoms with Gasteiger partial charge in [0.15, 0.2) is 8.32 Å². The van der Waals surface area contributed by atoms with Crippen LogP contribution in [0.4, 0.5) is 0 Å². The fourth-order valence-corrected chi connectivity index (χ4v) is 7.71. The highest BCUT2D eigenvalue weighted by Gasteiger charge is 2.59. The molecule has 0 radical (unpaired) electrons.